The van der Waals surface area contributed by atoms with Gasteiger partial charge in [-0.25, -0.2) is 14.6 Å². The number of piperidine rings is 2. The molecule has 292 valence electrons. The third kappa shape index (κ3) is 7.74. The average molecular weight is 765 g/mol. The van der Waals surface area contributed by atoms with E-state index >= 15 is 0 Å². The Kier molecular flexibility index (Phi) is 10.6. The van der Waals surface area contributed by atoms with Crippen molar-refractivity contribution in [1.29, 1.82) is 10.5 Å². The SMILES string of the molecule is CC1CN(CCC2CCC(c3cn(-c4cnc(-n5ncc6cc(C#N)cnc65)cc4N[C@H](C)C#N)nn3)CC2)CCC1c1ccc([C@@]2(C)CCC(=O)NC2=O)cc1. The van der Waals surface area contributed by atoms with Gasteiger partial charge in [0.1, 0.15) is 17.8 Å². The van der Waals surface area contributed by atoms with E-state index in [9.17, 15) is 20.1 Å². The van der Waals surface area contributed by atoms with E-state index in [1.54, 1.807) is 34.7 Å². The number of carbonyl (C=O) groups is 2. The highest BCUT2D eigenvalue weighted by Crippen LogP contribution is 2.39. The largest absolute Gasteiger partial charge is 0.368 e. The second-order valence-electron chi connectivity index (χ2n) is 16.5. The first-order valence-corrected chi connectivity index (χ1v) is 20.1. The van der Waals surface area contributed by atoms with Crippen molar-refractivity contribution in [2.75, 3.05) is 25.0 Å². The van der Waals surface area contributed by atoms with Crippen LogP contribution in [0.2, 0.25) is 0 Å². The molecule has 0 radical (unpaired) electrons. The molecular weight excluding hydrogens is 717 g/mol. The summed E-state index contributed by atoms with van der Waals surface area (Å²) in [4.78, 5) is 36.1. The van der Waals surface area contributed by atoms with E-state index in [0.717, 1.165) is 55.5 Å². The third-order valence-corrected chi connectivity index (χ3v) is 12.6. The number of hydrogen-bond donors (Lipinski definition) is 2. The van der Waals surface area contributed by atoms with Gasteiger partial charge in [-0.2, -0.15) is 20.3 Å². The topological polar surface area (TPSA) is 183 Å². The number of aromatic nitrogens is 7. The first-order chi connectivity index (χ1) is 27.6. The maximum Gasteiger partial charge on any atom is 0.236 e. The van der Waals surface area contributed by atoms with Crippen molar-refractivity contribution < 1.29 is 9.59 Å². The summed E-state index contributed by atoms with van der Waals surface area (Å²) in [7, 11) is 0. The molecule has 0 spiro atoms. The van der Waals surface area contributed by atoms with Crippen LogP contribution in [0.3, 0.4) is 0 Å². The summed E-state index contributed by atoms with van der Waals surface area (Å²) in [6, 6.07) is 16.0. The number of fused-ring (bicyclic) bond motifs is 1. The van der Waals surface area contributed by atoms with Gasteiger partial charge in [0.05, 0.1) is 47.0 Å². The van der Waals surface area contributed by atoms with Crippen molar-refractivity contribution in [3.8, 4) is 23.6 Å². The zero-order chi connectivity index (χ0) is 39.7. The Morgan fingerprint density at radius 2 is 1.84 bits per heavy atom. The molecule has 57 heavy (non-hydrogen) atoms. The normalized spacial score (nSPS) is 24.7. The van der Waals surface area contributed by atoms with Gasteiger partial charge in [-0.15, -0.1) is 5.10 Å². The molecule has 3 aliphatic rings. The molecule has 1 aliphatic carbocycles. The van der Waals surface area contributed by atoms with Crippen molar-refractivity contribution in [3.05, 3.63) is 83.6 Å². The van der Waals surface area contributed by atoms with Gasteiger partial charge in [-0.1, -0.05) is 36.4 Å². The lowest BCUT2D eigenvalue weighted by atomic mass is 9.74. The first-order valence-electron chi connectivity index (χ1n) is 20.1. The van der Waals surface area contributed by atoms with Crippen molar-refractivity contribution in [2.24, 2.45) is 11.8 Å². The summed E-state index contributed by atoms with van der Waals surface area (Å²) in [5, 5.41) is 39.0. The van der Waals surface area contributed by atoms with Crippen molar-refractivity contribution in [1.82, 2.24) is 45.0 Å². The number of nitrogens with zero attached hydrogens (tertiary/aromatic N) is 10. The number of imide groups is 1. The van der Waals surface area contributed by atoms with E-state index in [0.29, 0.717) is 64.9 Å². The summed E-state index contributed by atoms with van der Waals surface area (Å²) in [5.74, 6) is 2.22. The molecule has 2 aliphatic heterocycles. The van der Waals surface area contributed by atoms with Gasteiger partial charge < -0.3 is 10.2 Å². The lowest BCUT2D eigenvalue weighted by Gasteiger charge is -2.38. The molecule has 2 N–H and O–H groups in total. The number of carbonyl (C=O) groups excluding carboxylic acids is 2. The summed E-state index contributed by atoms with van der Waals surface area (Å²) in [5.41, 5.74) is 5.02. The Balaban J connectivity index is 0.849. The van der Waals surface area contributed by atoms with Crippen LogP contribution >= 0.6 is 0 Å². The van der Waals surface area contributed by atoms with Gasteiger partial charge in [-0.05, 0) is 107 Å². The molecule has 1 aromatic carbocycles. The molecule has 2 amide bonds. The number of likely N-dealkylation sites (tertiary alicyclic amines) is 1. The van der Waals surface area contributed by atoms with Crippen LogP contribution in [0, 0.1) is 34.5 Å². The van der Waals surface area contributed by atoms with Crippen molar-refractivity contribution in [2.45, 2.75) is 95.4 Å². The monoisotopic (exact) mass is 764 g/mol. The zero-order valence-electron chi connectivity index (χ0n) is 32.7. The molecule has 8 rings (SSSR count). The van der Waals surface area contributed by atoms with Crippen LogP contribution in [0.25, 0.3) is 22.5 Å². The minimum Gasteiger partial charge on any atom is -0.368 e. The van der Waals surface area contributed by atoms with Crippen LogP contribution < -0.4 is 10.6 Å². The van der Waals surface area contributed by atoms with E-state index in [4.69, 9.17) is 0 Å². The highest BCUT2D eigenvalue weighted by Gasteiger charge is 2.40. The molecule has 3 fully saturated rings. The van der Waals surface area contributed by atoms with Gasteiger partial charge in [0, 0.05) is 36.5 Å². The molecule has 6 heterocycles. The Hall–Kier alpha value is -5.99. The van der Waals surface area contributed by atoms with E-state index in [1.165, 1.54) is 31.0 Å². The number of nitriles is 2. The van der Waals surface area contributed by atoms with Crippen molar-refractivity contribution >= 4 is 28.5 Å². The fourth-order valence-electron chi connectivity index (χ4n) is 9.07. The number of benzene rings is 1. The van der Waals surface area contributed by atoms with Crippen LogP contribution in [0.4, 0.5) is 5.69 Å². The Labute approximate surface area is 332 Å². The minimum absolute atomic E-state index is 0.184. The average Bonchev–Trinajstić information content (AvgIpc) is 3.90. The second-order valence-corrected chi connectivity index (χ2v) is 16.5. The minimum atomic E-state index is -0.659. The van der Waals surface area contributed by atoms with E-state index in [2.05, 4.69) is 84.2 Å². The molecule has 1 saturated carbocycles. The van der Waals surface area contributed by atoms with Gasteiger partial charge in [0.15, 0.2) is 11.5 Å². The van der Waals surface area contributed by atoms with Crippen LogP contribution in [-0.2, 0) is 15.0 Å². The Bertz CT molecular complexity index is 2360. The molecule has 5 aromatic rings. The van der Waals surface area contributed by atoms with Crippen LogP contribution in [0.1, 0.15) is 106 Å². The number of nitrogens with one attached hydrogen (secondary N) is 2. The van der Waals surface area contributed by atoms with Gasteiger partial charge in [0.25, 0.3) is 0 Å². The van der Waals surface area contributed by atoms with Crippen LogP contribution in [0.15, 0.2) is 61.2 Å². The zero-order valence-corrected chi connectivity index (χ0v) is 32.7. The molecule has 2 saturated heterocycles. The van der Waals surface area contributed by atoms with Gasteiger partial charge in [0.2, 0.25) is 11.8 Å². The number of amides is 2. The predicted molar refractivity (Wildman–Crippen MR) is 213 cm³/mol. The van der Waals surface area contributed by atoms with E-state index in [-0.39, 0.29) is 11.8 Å². The summed E-state index contributed by atoms with van der Waals surface area (Å²) < 4.78 is 3.35. The summed E-state index contributed by atoms with van der Waals surface area (Å²) >= 11 is 0. The van der Waals surface area contributed by atoms with Crippen molar-refractivity contribution in [3.63, 3.8) is 0 Å². The van der Waals surface area contributed by atoms with Gasteiger partial charge in [-0.3, -0.25) is 14.9 Å². The lowest BCUT2D eigenvalue weighted by Crippen LogP contribution is -2.49. The van der Waals surface area contributed by atoms with E-state index in [1.807, 2.05) is 19.2 Å². The van der Waals surface area contributed by atoms with Crippen LogP contribution in [-0.4, -0.2) is 77.1 Å². The lowest BCUT2D eigenvalue weighted by molar-refractivity contribution is -0.137. The number of pyridine rings is 2. The fourth-order valence-corrected chi connectivity index (χ4v) is 9.07. The molecule has 4 atom stereocenters. The highest BCUT2D eigenvalue weighted by molar-refractivity contribution is 6.03. The molecular formula is C43H48N12O2. The maximum absolute atomic E-state index is 12.7. The first kappa shape index (κ1) is 37.9. The summed E-state index contributed by atoms with van der Waals surface area (Å²) in [6.07, 6.45) is 14.6. The standard InChI is InChI=1S/C43H48N12O2/c1-27-25-53(17-14-35(27)31-8-10-34(11-9-31)43(3)15-12-40(56)50-42(43)57)16-13-29-4-6-32(7-5-29)37-26-54(52-51-37)38-24-46-39(19-36(38)49-28(2)20-44)55-41-33(23-48-55)18-30(21-45)22-47-41/h8-11,18-19,22-24,26-29,32,35H,4-7,12-17,25H2,1-3H3,(H,46,49)(H,50,56,57)/t27?,28-,29?,32?,35?,43-/m1/s1. The second kappa shape index (κ2) is 15.9. The quantitative estimate of drug-likeness (QED) is 0.157. The number of hydrogen-bond acceptors (Lipinski definition) is 11. The van der Waals surface area contributed by atoms with Crippen LogP contribution in [0.5, 0.6) is 0 Å². The molecule has 0 bridgehead atoms. The highest BCUT2D eigenvalue weighted by atomic mass is 16.2. The fraction of sp³-hybridized carbons (Fsp3) is 0.465. The molecule has 2 unspecified atom stereocenters. The number of anilines is 1. The summed E-state index contributed by atoms with van der Waals surface area (Å²) in [6.45, 7) is 9.40. The molecule has 4 aromatic heterocycles. The third-order valence-electron chi connectivity index (χ3n) is 12.6. The molecule has 14 nitrogen and oxygen atoms in total. The predicted octanol–water partition coefficient (Wildman–Crippen LogP) is 6.08. The number of rotatable bonds is 10. The molecule has 14 heteroatoms. The maximum atomic E-state index is 12.7. The Morgan fingerprint density at radius 3 is 2.58 bits per heavy atom. The van der Waals surface area contributed by atoms with Gasteiger partial charge >= 0.3 is 0 Å². The smallest absolute Gasteiger partial charge is 0.236 e. The van der Waals surface area contributed by atoms with E-state index < -0.39 is 11.5 Å². The Morgan fingerprint density at radius 1 is 1.04 bits per heavy atom.